The van der Waals surface area contributed by atoms with Crippen molar-refractivity contribution in [3.05, 3.63) is 56.9 Å². The highest BCUT2D eigenvalue weighted by Crippen LogP contribution is 2.25. The van der Waals surface area contributed by atoms with Crippen LogP contribution in [0.3, 0.4) is 0 Å². The van der Waals surface area contributed by atoms with E-state index in [9.17, 15) is 9.59 Å². The number of carbonyl (C=O) groups is 2. The number of benzene rings is 1. The number of ketones is 1. The third kappa shape index (κ3) is 2.87. The predicted octanol–water partition coefficient (Wildman–Crippen LogP) is 4.58. The first kappa shape index (κ1) is 16.5. The van der Waals surface area contributed by atoms with Gasteiger partial charge in [-0.3, -0.25) is 4.79 Å². The van der Waals surface area contributed by atoms with Crippen LogP contribution in [0.25, 0.3) is 10.9 Å². The summed E-state index contributed by atoms with van der Waals surface area (Å²) in [6, 6.07) is 9.43. The van der Waals surface area contributed by atoms with Crippen LogP contribution >= 0.6 is 11.3 Å². The predicted molar refractivity (Wildman–Crippen MR) is 96.0 cm³/mol. The SMILES string of the molecule is Cc1cc(C(=O)O[C@H](C)C(=O)c2c(C)[nH]c3ccccc23)c(C)s1. The monoisotopic (exact) mass is 341 g/mol. The van der Waals surface area contributed by atoms with Gasteiger partial charge in [-0.1, -0.05) is 18.2 Å². The molecule has 0 amide bonds. The highest BCUT2D eigenvalue weighted by atomic mass is 32.1. The first-order valence-electron chi connectivity index (χ1n) is 7.78. The zero-order valence-corrected chi connectivity index (χ0v) is 14.9. The number of thiophene rings is 1. The molecular formula is C19H19NO3S. The number of para-hydroxylation sites is 1. The average molecular weight is 341 g/mol. The number of aryl methyl sites for hydroxylation is 3. The zero-order valence-electron chi connectivity index (χ0n) is 14.1. The maximum Gasteiger partial charge on any atom is 0.339 e. The molecule has 1 atom stereocenters. The summed E-state index contributed by atoms with van der Waals surface area (Å²) in [5.74, 6) is -0.641. The second-order valence-corrected chi connectivity index (χ2v) is 7.37. The van der Waals surface area contributed by atoms with Gasteiger partial charge in [0.15, 0.2) is 6.10 Å². The summed E-state index contributed by atoms with van der Waals surface area (Å²) >= 11 is 1.54. The molecule has 24 heavy (non-hydrogen) atoms. The minimum Gasteiger partial charge on any atom is -0.451 e. The quantitative estimate of drug-likeness (QED) is 0.558. The molecule has 5 heteroatoms. The van der Waals surface area contributed by atoms with Gasteiger partial charge < -0.3 is 9.72 Å². The number of Topliss-reactive ketones (excluding diaryl/α,β-unsaturated/α-hetero) is 1. The van der Waals surface area contributed by atoms with E-state index in [1.165, 1.54) is 0 Å². The van der Waals surface area contributed by atoms with Gasteiger partial charge in [0.25, 0.3) is 0 Å². The van der Waals surface area contributed by atoms with E-state index in [2.05, 4.69) is 4.98 Å². The molecule has 3 aromatic rings. The molecule has 0 saturated carbocycles. The smallest absolute Gasteiger partial charge is 0.339 e. The fourth-order valence-electron chi connectivity index (χ4n) is 2.91. The normalized spacial score (nSPS) is 12.3. The van der Waals surface area contributed by atoms with Crippen LogP contribution in [0.15, 0.2) is 30.3 Å². The molecule has 3 rings (SSSR count). The van der Waals surface area contributed by atoms with E-state index in [1.807, 2.05) is 45.0 Å². The van der Waals surface area contributed by atoms with E-state index in [-0.39, 0.29) is 5.78 Å². The molecule has 0 fully saturated rings. The van der Waals surface area contributed by atoms with Crippen LogP contribution < -0.4 is 0 Å². The van der Waals surface area contributed by atoms with Gasteiger partial charge in [-0.15, -0.1) is 11.3 Å². The number of carbonyl (C=O) groups excluding carboxylic acids is 2. The van der Waals surface area contributed by atoms with Crippen LogP contribution in [-0.2, 0) is 4.74 Å². The lowest BCUT2D eigenvalue weighted by Crippen LogP contribution is -2.25. The Morgan fingerprint density at radius 2 is 1.88 bits per heavy atom. The van der Waals surface area contributed by atoms with Gasteiger partial charge in [-0.05, 0) is 39.8 Å². The molecule has 0 radical (unpaired) electrons. The molecule has 0 saturated heterocycles. The third-order valence-corrected chi connectivity index (χ3v) is 5.02. The summed E-state index contributed by atoms with van der Waals surface area (Å²) in [5, 5.41) is 0.852. The van der Waals surface area contributed by atoms with Gasteiger partial charge in [-0.25, -0.2) is 4.79 Å². The standard InChI is InChI=1S/C19H19NO3S/c1-10-9-15(13(4)24-10)19(22)23-12(3)18(21)17-11(2)20-16-8-6-5-7-14(16)17/h5-9,12,20H,1-4H3/t12-/m1/s1. The summed E-state index contributed by atoms with van der Waals surface area (Å²) in [5.41, 5.74) is 2.81. The summed E-state index contributed by atoms with van der Waals surface area (Å²) in [4.78, 5) is 30.3. The molecule has 0 unspecified atom stereocenters. The lowest BCUT2D eigenvalue weighted by Gasteiger charge is -2.12. The van der Waals surface area contributed by atoms with Crippen molar-refractivity contribution in [1.29, 1.82) is 0 Å². The van der Waals surface area contributed by atoms with Gasteiger partial charge in [0.1, 0.15) is 0 Å². The number of esters is 1. The third-order valence-electron chi connectivity index (χ3n) is 4.05. The molecule has 0 aliphatic carbocycles. The molecule has 4 nitrogen and oxygen atoms in total. The highest BCUT2D eigenvalue weighted by Gasteiger charge is 2.25. The Morgan fingerprint density at radius 1 is 1.17 bits per heavy atom. The second-order valence-electron chi connectivity index (χ2n) is 5.91. The van der Waals surface area contributed by atoms with Gasteiger partial charge in [0.2, 0.25) is 5.78 Å². The Morgan fingerprint density at radius 3 is 2.54 bits per heavy atom. The Balaban J connectivity index is 1.85. The van der Waals surface area contributed by atoms with Crippen molar-refractivity contribution in [2.24, 2.45) is 0 Å². The molecule has 124 valence electrons. The lowest BCUT2D eigenvalue weighted by atomic mass is 10.0. The van der Waals surface area contributed by atoms with Gasteiger partial charge >= 0.3 is 5.97 Å². The van der Waals surface area contributed by atoms with Crippen LogP contribution in [-0.4, -0.2) is 22.8 Å². The highest BCUT2D eigenvalue weighted by molar-refractivity contribution is 7.12. The molecule has 0 bridgehead atoms. The number of hydrogen-bond acceptors (Lipinski definition) is 4. The Bertz CT molecular complexity index is 935. The van der Waals surface area contributed by atoms with E-state index in [0.717, 1.165) is 26.4 Å². The zero-order chi connectivity index (χ0) is 17.4. The number of rotatable bonds is 4. The molecule has 2 aromatic heterocycles. The van der Waals surface area contributed by atoms with Crippen LogP contribution in [0.5, 0.6) is 0 Å². The van der Waals surface area contributed by atoms with Crippen LogP contribution in [0.1, 0.15) is 43.1 Å². The maximum absolute atomic E-state index is 12.8. The molecule has 0 spiro atoms. The first-order chi connectivity index (χ1) is 11.4. The maximum atomic E-state index is 12.8. The number of nitrogens with one attached hydrogen (secondary N) is 1. The largest absolute Gasteiger partial charge is 0.451 e. The fraction of sp³-hybridized carbons (Fsp3) is 0.263. The van der Waals surface area contributed by atoms with Crippen molar-refractivity contribution in [2.75, 3.05) is 0 Å². The number of ether oxygens (including phenoxy) is 1. The fourth-order valence-corrected chi connectivity index (χ4v) is 3.82. The Kier molecular flexibility index (Phi) is 4.28. The molecule has 0 aliphatic heterocycles. The first-order valence-corrected chi connectivity index (χ1v) is 8.59. The van der Waals surface area contributed by atoms with Gasteiger partial charge in [0.05, 0.1) is 5.56 Å². The van der Waals surface area contributed by atoms with Gasteiger partial charge in [0, 0.05) is 31.9 Å². The van der Waals surface area contributed by atoms with Crippen molar-refractivity contribution < 1.29 is 14.3 Å². The lowest BCUT2D eigenvalue weighted by molar-refractivity contribution is 0.0319. The Labute approximate surface area is 144 Å². The van der Waals surface area contributed by atoms with Crippen molar-refractivity contribution in [2.45, 2.75) is 33.8 Å². The molecule has 2 heterocycles. The molecule has 0 aliphatic rings. The number of aromatic nitrogens is 1. The van der Waals surface area contributed by atoms with E-state index in [1.54, 1.807) is 24.3 Å². The van der Waals surface area contributed by atoms with Crippen LogP contribution in [0, 0.1) is 20.8 Å². The number of aromatic amines is 1. The van der Waals surface area contributed by atoms with Gasteiger partial charge in [-0.2, -0.15) is 0 Å². The number of hydrogen-bond donors (Lipinski definition) is 1. The van der Waals surface area contributed by atoms with E-state index in [0.29, 0.717) is 11.1 Å². The van der Waals surface area contributed by atoms with Crippen LogP contribution in [0.2, 0.25) is 0 Å². The number of fused-ring (bicyclic) bond motifs is 1. The van der Waals surface area contributed by atoms with Crippen molar-refractivity contribution in [3.8, 4) is 0 Å². The minimum absolute atomic E-state index is 0.192. The molecule has 1 aromatic carbocycles. The summed E-state index contributed by atoms with van der Waals surface area (Å²) in [6.07, 6.45) is -0.838. The summed E-state index contributed by atoms with van der Waals surface area (Å²) in [6.45, 7) is 7.30. The molecular weight excluding hydrogens is 322 g/mol. The van der Waals surface area contributed by atoms with E-state index >= 15 is 0 Å². The number of H-pyrrole nitrogens is 1. The molecule has 1 N–H and O–H groups in total. The van der Waals surface area contributed by atoms with Crippen LogP contribution in [0.4, 0.5) is 0 Å². The summed E-state index contributed by atoms with van der Waals surface area (Å²) in [7, 11) is 0. The van der Waals surface area contributed by atoms with E-state index < -0.39 is 12.1 Å². The second kappa shape index (κ2) is 6.24. The summed E-state index contributed by atoms with van der Waals surface area (Å²) < 4.78 is 5.42. The minimum atomic E-state index is -0.838. The van der Waals surface area contributed by atoms with Crippen molar-refractivity contribution in [1.82, 2.24) is 4.98 Å². The topological polar surface area (TPSA) is 59.2 Å². The van der Waals surface area contributed by atoms with Crippen molar-refractivity contribution >= 4 is 34.0 Å². The Hall–Kier alpha value is -2.40. The van der Waals surface area contributed by atoms with E-state index in [4.69, 9.17) is 4.74 Å². The average Bonchev–Trinajstić information content (AvgIpc) is 3.04. The van der Waals surface area contributed by atoms with Crippen molar-refractivity contribution in [3.63, 3.8) is 0 Å².